The molecule has 158 valence electrons. The zero-order valence-electron chi connectivity index (χ0n) is 17.2. The van der Waals surface area contributed by atoms with Crippen molar-refractivity contribution in [3.05, 3.63) is 53.5 Å². The summed E-state index contributed by atoms with van der Waals surface area (Å²) in [6.45, 7) is 4.43. The van der Waals surface area contributed by atoms with Gasteiger partial charge in [-0.1, -0.05) is 24.3 Å². The number of hydrogen-bond acceptors (Lipinski definition) is 7. The lowest BCUT2D eigenvalue weighted by atomic mass is 10.0. The van der Waals surface area contributed by atoms with Gasteiger partial charge in [0, 0.05) is 26.1 Å². The quantitative estimate of drug-likeness (QED) is 0.542. The lowest BCUT2D eigenvalue weighted by molar-refractivity contribution is 0.272. The molecular formula is C22H24N8O. The van der Waals surface area contributed by atoms with E-state index in [-0.39, 0.29) is 0 Å². The van der Waals surface area contributed by atoms with Gasteiger partial charge in [0.25, 0.3) is 0 Å². The van der Waals surface area contributed by atoms with Crippen molar-refractivity contribution in [1.82, 2.24) is 34.3 Å². The molecule has 0 saturated heterocycles. The Labute approximate surface area is 179 Å². The molecule has 9 nitrogen and oxygen atoms in total. The van der Waals surface area contributed by atoms with Crippen LogP contribution in [0.3, 0.4) is 0 Å². The highest BCUT2D eigenvalue weighted by molar-refractivity contribution is 5.90. The third-order valence-corrected chi connectivity index (χ3v) is 6.16. The predicted octanol–water partition coefficient (Wildman–Crippen LogP) is 1.92. The Morgan fingerprint density at radius 3 is 2.55 bits per heavy atom. The fourth-order valence-electron chi connectivity index (χ4n) is 4.47. The Morgan fingerprint density at radius 2 is 1.81 bits per heavy atom. The number of anilines is 1. The van der Waals surface area contributed by atoms with Crippen molar-refractivity contribution in [2.24, 2.45) is 0 Å². The second-order valence-electron chi connectivity index (χ2n) is 8.06. The molecular weight excluding hydrogens is 392 g/mol. The van der Waals surface area contributed by atoms with E-state index in [1.807, 2.05) is 10.8 Å². The minimum Gasteiger partial charge on any atom is -0.490 e. The first-order valence-corrected chi connectivity index (χ1v) is 10.8. The number of rotatable bonds is 4. The van der Waals surface area contributed by atoms with E-state index in [1.54, 1.807) is 10.7 Å². The molecule has 6 rings (SSSR count). The molecule has 5 heterocycles. The number of ether oxygens (including phenoxy) is 1. The minimum atomic E-state index is 0.298. The van der Waals surface area contributed by atoms with E-state index >= 15 is 0 Å². The van der Waals surface area contributed by atoms with Crippen molar-refractivity contribution in [2.75, 3.05) is 32.0 Å². The van der Waals surface area contributed by atoms with Crippen molar-refractivity contribution >= 4 is 28.4 Å². The lowest BCUT2D eigenvalue weighted by Gasteiger charge is -2.19. The molecule has 2 aliphatic rings. The Morgan fingerprint density at radius 1 is 1.00 bits per heavy atom. The summed E-state index contributed by atoms with van der Waals surface area (Å²) in [5, 5.41) is 9.91. The van der Waals surface area contributed by atoms with Crippen LogP contribution in [0.1, 0.15) is 23.4 Å². The molecule has 0 saturated carbocycles. The zero-order chi connectivity index (χ0) is 20.8. The van der Waals surface area contributed by atoms with Crippen molar-refractivity contribution in [3.8, 4) is 0 Å². The largest absolute Gasteiger partial charge is 0.490 e. The normalized spacial score (nSPS) is 17.0. The molecule has 0 spiro atoms. The van der Waals surface area contributed by atoms with E-state index in [4.69, 9.17) is 10.5 Å². The highest BCUT2D eigenvalue weighted by Crippen LogP contribution is 2.24. The van der Waals surface area contributed by atoms with E-state index in [0.29, 0.717) is 29.8 Å². The molecule has 2 aliphatic heterocycles. The van der Waals surface area contributed by atoms with E-state index in [0.717, 1.165) is 56.5 Å². The van der Waals surface area contributed by atoms with Crippen LogP contribution >= 0.6 is 0 Å². The number of nitrogens with two attached hydrogens (primary N) is 1. The van der Waals surface area contributed by atoms with E-state index < -0.39 is 0 Å². The summed E-state index contributed by atoms with van der Waals surface area (Å²) < 4.78 is 9.09. The van der Waals surface area contributed by atoms with Gasteiger partial charge in [-0.3, -0.25) is 0 Å². The molecule has 3 aromatic heterocycles. The number of nitrogens with zero attached hydrogens (tertiary/aromatic N) is 7. The van der Waals surface area contributed by atoms with Crippen LogP contribution in [-0.4, -0.2) is 60.5 Å². The number of fused-ring (bicyclic) bond motifs is 4. The summed E-state index contributed by atoms with van der Waals surface area (Å²) in [6.07, 6.45) is 6.84. The minimum absolute atomic E-state index is 0.298. The van der Waals surface area contributed by atoms with Crippen LogP contribution in [0.5, 0.6) is 0 Å². The predicted molar refractivity (Wildman–Crippen MR) is 117 cm³/mol. The van der Waals surface area contributed by atoms with Gasteiger partial charge in [0.15, 0.2) is 17.1 Å². The molecule has 0 amide bonds. The van der Waals surface area contributed by atoms with Gasteiger partial charge < -0.3 is 15.4 Å². The molecule has 0 atom stereocenters. The third kappa shape index (κ3) is 3.21. The Hall–Kier alpha value is -3.46. The van der Waals surface area contributed by atoms with Crippen molar-refractivity contribution < 1.29 is 4.74 Å². The average molecular weight is 416 g/mol. The molecule has 9 heteroatoms. The summed E-state index contributed by atoms with van der Waals surface area (Å²) in [5.41, 5.74) is 10.5. The molecule has 4 aromatic rings. The van der Waals surface area contributed by atoms with Crippen molar-refractivity contribution in [1.29, 1.82) is 0 Å². The van der Waals surface area contributed by atoms with Gasteiger partial charge in [0.2, 0.25) is 11.8 Å². The van der Waals surface area contributed by atoms with Gasteiger partial charge in [-0.2, -0.15) is 14.6 Å². The Bertz CT molecular complexity index is 1280. The number of aromatic nitrogens is 6. The lowest BCUT2D eigenvalue weighted by Crippen LogP contribution is -2.30. The fraction of sp³-hybridized carbons (Fsp3) is 0.364. The molecule has 0 fully saturated rings. The molecule has 0 aliphatic carbocycles. The van der Waals surface area contributed by atoms with Gasteiger partial charge in [-0.25, -0.2) is 9.67 Å². The van der Waals surface area contributed by atoms with Crippen LogP contribution in [0, 0.1) is 0 Å². The molecule has 2 N–H and O–H groups in total. The monoisotopic (exact) mass is 416 g/mol. The van der Waals surface area contributed by atoms with Gasteiger partial charge in [0.1, 0.15) is 0 Å². The SMILES string of the molecule is Nc1nc2c(cnn2CCN2CCc3ccccc3CC2)c2nc(C3=CCCO3)nn12. The third-order valence-electron chi connectivity index (χ3n) is 6.16. The maximum Gasteiger partial charge on any atom is 0.225 e. The molecule has 0 unspecified atom stereocenters. The first kappa shape index (κ1) is 18.3. The van der Waals surface area contributed by atoms with Crippen molar-refractivity contribution in [2.45, 2.75) is 25.8 Å². The smallest absolute Gasteiger partial charge is 0.225 e. The maximum absolute atomic E-state index is 6.21. The summed E-state index contributed by atoms with van der Waals surface area (Å²) in [7, 11) is 0. The number of benzene rings is 1. The highest BCUT2D eigenvalue weighted by Gasteiger charge is 2.20. The van der Waals surface area contributed by atoms with Crippen LogP contribution in [0.2, 0.25) is 0 Å². The van der Waals surface area contributed by atoms with Gasteiger partial charge in [-0.05, 0) is 30.0 Å². The number of nitrogen functional groups attached to an aromatic ring is 1. The second-order valence-corrected chi connectivity index (χ2v) is 8.06. The van der Waals surface area contributed by atoms with Crippen LogP contribution in [-0.2, 0) is 24.1 Å². The van der Waals surface area contributed by atoms with Crippen LogP contribution in [0.4, 0.5) is 5.95 Å². The summed E-state index contributed by atoms with van der Waals surface area (Å²) in [5.74, 6) is 1.54. The van der Waals surface area contributed by atoms with Crippen LogP contribution < -0.4 is 5.73 Å². The maximum atomic E-state index is 6.21. The summed E-state index contributed by atoms with van der Waals surface area (Å²) in [4.78, 5) is 11.7. The summed E-state index contributed by atoms with van der Waals surface area (Å²) >= 11 is 0. The summed E-state index contributed by atoms with van der Waals surface area (Å²) in [6, 6.07) is 8.76. The first-order valence-electron chi connectivity index (χ1n) is 10.8. The topological polar surface area (TPSA) is 99.4 Å². The Kier molecular flexibility index (Phi) is 4.34. The first-order chi connectivity index (χ1) is 15.3. The van der Waals surface area contributed by atoms with Crippen molar-refractivity contribution in [3.63, 3.8) is 0 Å². The fourth-order valence-corrected chi connectivity index (χ4v) is 4.47. The zero-order valence-corrected chi connectivity index (χ0v) is 17.2. The van der Waals surface area contributed by atoms with Gasteiger partial charge in [0.05, 0.1) is 24.7 Å². The second kappa shape index (κ2) is 7.35. The van der Waals surface area contributed by atoms with Gasteiger partial charge >= 0.3 is 0 Å². The van der Waals surface area contributed by atoms with Gasteiger partial charge in [-0.15, -0.1) is 5.10 Å². The van der Waals surface area contributed by atoms with E-state index in [2.05, 4.69) is 49.3 Å². The molecule has 0 radical (unpaired) electrons. The van der Waals surface area contributed by atoms with Crippen LogP contribution in [0.15, 0.2) is 36.5 Å². The average Bonchev–Trinajstić information content (AvgIpc) is 3.51. The van der Waals surface area contributed by atoms with E-state index in [1.165, 1.54) is 11.1 Å². The van der Waals surface area contributed by atoms with Crippen LogP contribution in [0.25, 0.3) is 22.4 Å². The molecule has 31 heavy (non-hydrogen) atoms. The molecule has 0 bridgehead atoms. The highest BCUT2D eigenvalue weighted by atomic mass is 16.5. The number of hydrogen-bond donors (Lipinski definition) is 1. The van der Waals surface area contributed by atoms with E-state index in [9.17, 15) is 0 Å². The Balaban J connectivity index is 1.25. The standard InChI is InChI=1S/C22H24N8O/c23-22-26-20-17(21-25-19(27-30(21)22)18-6-3-13-31-18)14-24-29(20)12-11-28-9-7-15-4-1-2-5-16(15)8-10-28/h1-2,4-6,14H,3,7-13H2,(H2,23,26). The molecule has 1 aromatic carbocycles.